The summed E-state index contributed by atoms with van der Waals surface area (Å²) in [5.74, 6) is -0.0319. The van der Waals surface area contributed by atoms with E-state index in [4.69, 9.17) is 4.74 Å². The van der Waals surface area contributed by atoms with E-state index in [0.29, 0.717) is 13.0 Å². The Bertz CT molecular complexity index is 202. The molecule has 0 aromatic heterocycles. The van der Waals surface area contributed by atoms with Crippen LogP contribution >= 0.6 is 0 Å². The molecule has 0 aromatic rings. The minimum absolute atomic E-state index is 0. The van der Waals surface area contributed by atoms with E-state index in [0.717, 1.165) is 6.42 Å². The number of esters is 1. The van der Waals surface area contributed by atoms with Gasteiger partial charge in [0, 0.05) is 6.42 Å². The SMILES string of the molecule is C.CCCCCCCCCCCCCCCC(=O)OCC. The lowest BCUT2D eigenvalue weighted by atomic mass is 10.0. The Labute approximate surface area is 134 Å². The third kappa shape index (κ3) is 19.5. The maximum atomic E-state index is 11.1. The number of ether oxygens (including phenoxy) is 1. The minimum atomic E-state index is -0.0319. The minimum Gasteiger partial charge on any atom is -0.466 e. The Morgan fingerprint density at radius 3 is 1.43 bits per heavy atom. The van der Waals surface area contributed by atoms with Crippen molar-refractivity contribution < 1.29 is 9.53 Å². The molecule has 0 saturated heterocycles. The molecule has 0 rings (SSSR count). The van der Waals surface area contributed by atoms with Crippen molar-refractivity contribution >= 4 is 5.97 Å². The Morgan fingerprint density at radius 2 is 1.05 bits per heavy atom. The molecule has 0 heterocycles. The van der Waals surface area contributed by atoms with E-state index in [9.17, 15) is 4.79 Å². The van der Waals surface area contributed by atoms with Gasteiger partial charge in [0.2, 0.25) is 0 Å². The Hall–Kier alpha value is -0.530. The smallest absolute Gasteiger partial charge is 0.305 e. The molecule has 2 nitrogen and oxygen atoms in total. The molecule has 0 unspecified atom stereocenters. The van der Waals surface area contributed by atoms with Crippen LogP contribution in [-0.2, 0) is 9.53 Å². The highest BCUT2D eigenvalue weighted by Crippen LogP contribution is 2.12. The van der Waals surface area contributed by atoms with Crippen molar-refractivity contribution in [2.24, 2.45) is 0 Å². The molecule has 0 aliphatic heterocycles. The number of carbonyl (C=O) groups excluding carboxylic acids is 1. The number of hydrogen-bond acceptors (Lipinski definition) is 2. The lowest BCUT2D eigenvalue weighted by Crippen LogP contribution is -2.03. The highest BCUT2D eigenvalue weighted by atomic mass is 16.5. The van der Waals surface area contributed by atoms with Gasteiger partial charge in [-0.2, -0.15) is 0 Å². The average molecular weight is 301 g/mol. The van der Waals surface area contributed by atoms with Crippen LogP contribution < -0.4 is 0 Å². The van der Waals surface area contributed by atoms with Crippen LogP contribution in [0.5, 0.6) is 0 Å². The molecule has 0 fully saturated rings. The van der Waals surface area contributed by atoms with Crippen LogP contribution in [0, 0.1) is 0 Å². The fourth-order valence-corrected chi connectivity index (χ4v) is 2.52. The second kappa shape index (κ2) is 19.5. The Morgan fingerprint density at radius 1 is 0.667 bits per heavy atom. The second-order valence-electron chi connectivity index (χ2n) is 5.80. The van der Waals surface area contributed by atoms with Crippen molar-refractivity contribution in [3.8, 4) is 0 Å². The van der Waals surface area contributed by atoms with Crippen LogP contribution in [0.4, 0.5) is 0 Å². The summed E-state index contributed by atoms with van der Waals surface area (Å²) in [5, 5.41) is 0. The first kappa shape index (κ1) is 22.7. The predicted octanol–water partition coefficient (Wildman–Crippen LogP) is 6.67. The highest BCUT2D eigenvalue weighted by Gasteiger charge is 2.00. The van der Waals surface area contributed by atoms with E-state index in [2.05, 4.69) is 6.92 Å². The molecule has 21 heavy (non-hydrogen) atoms. The molecule has 128 valence electrons. The standard InChI is InChI=1S/C18H36O2.CH4/c1-3-5-6-7-8-9-10-11-12-13-14-15-16-17-18(19)20-4-2;/h3-17H2,1-2H3;1H4. The van der Waals surface area contributed by atoms with E-state index in [-0.39, 0.29) is 13.4 Å². The first-order valence-corrected chi connectivity index (χ1v) is 8.96. The van der Waals surface area contributed by atoms with Crippen LogP contribution in [0.2, 0.25) is 0 Å². The highest BCUT2D eigenvalue weighted by molar-refractivity contribution is 5.69. The number of unbranched alkanes of at least 4 members (excludes halogenated alkanes) is 12. The maximum Gasteiger partial charge on any atom is 0.305 e. The molecule has 0 aromatic carbocycles. The molecule has 0 bridgehead atoms. The maximum absolute atomic E-state index is 11.1. The first-order valence-electron chi connectivity index (χ1n) is 8.96. The molecule has 0 atom stereocenters. The van der Waals surface area contributed by atoms with Gasteiger partial charge in [-0.3, -0.25) is 4.79 Å². The van der Waals surface area contributed by atoms with Crippen molar-refractivity contribution in [2.45, 2.75) is 111 Å². The summed E-state index contributed by atoms with van der Waals surface area (Å²) in [7, 11) is 0. The normalized spacial score (nSPS) is 10.2. The lowest BCUT2D eigenvalue weighted by molar-refractivity contribution is -0.143. The lowest BCUT2D eigenvalue weighted by Gasteiger charge is -2.03. The molecule has 0 saturated carbocycles. The zero-order valence-corrected chi connectivity index (χ0v) is 13.9. The van der Waals surface area contributed by atoms with Gasteiger partial charge in [0.25, 0.3) is 0 Å². The third-order valence-corrected chi connectivity index (χ3v) is 3.79. The van der Waals surface area contributed by atoms with Gasteiger partial charge in [0.1, 0.15) is 0 Å². The quantitative estimate of drug-likeness (QED) is 0.249. The molecule has 2 heteroatoms. The van der Waals surface area contributed by atoms with Gasteiger partial charge in [0.05, 0.1) is 6.61 Å². The fourth-order valence-electron chi connectivity index (χ4n) is 2.52. The fraction of sp³-hybridized carbons (Fsp3) is 0.947. The van der Waals surface area contributed by atoms with E-state index in [1.807, 2.05) is 6.92 Å². The summed E-state index contributed by atoms with van der Waals surface area (Å²) < 4.78 is 4.91. The van der Waals surface area contributed by atoms with Crippen molar-refractivity contribution in [1.29, 1.82) is 0 Å². The molecule has 0 radical (unpaired) electrons. The summed E-state index contributed by atoms with van der Waals surface area (Å²) >= 11 is 0. The van der Waals surface area contributed by atoms with Gasteiger partial charge in [0.15, 0.2) is 0 Å². The first-order chi connectivity index (χ1) is 9.81. The van der Waals surface area contributed by atoms with E-state index in [1.54, 1.807) is 0 Å². The third-order valence-electron chi connectivity index (χ3n) is 3.79. The largest absolute Gasteiger partial charge is 0.466 e. The summed E-state index contributed by atoms with van der Waals surface area (Å²) in [6.07, 6.45) is 18.0. The predicted molar refractivity (Wildman–Crippen MR) is 93.7 cm³/mol. The van der Waals surface area contributed by atoms with Crippen LogP contribution in [0.15, 0.2) is 0 Å². The molecule has 0 N–H and O–H groups in total. The van der Waals surface area contributed by atoms with Crippen molar-refractivity contribution in [3.63, 3.8) is 0 Å². The summed E-state index contributed by atoms with van der Waals surface area (Å²) in [4.78, 5) is 11.1. The van der Waals surface area contributed by atoms with Crippen LogP contribution in [0.25, 0.3) is 0 Å². The van der Waals surface area contributed by atoms with Crippen LogP contribution in [0.1, 0.15) is 111 Å². The Balaban J connectivity index is 0. The zero-order chi connectivity index (χ0) is 14.9. The van der Waals surface area contributed by atoms with Crippen molar-refractivity contribution in [2.75, 3.05) is 6.61 Å². The van der Waals surface area contributed by atoms with Crippen molar-refractivity contribution in [1.82, 2.24) is 0 Å². The van der Waals surface area contributed by atoms with Gasteiger partial charge in [-0.15, -0.1) is 0 Å². The number of carbonyl (C=O) groups is 1. The van der Waals surface area contributed by atoms with E-state index >= 15 is 0 Å². The number of rotatable bonds is 15. The summed E-state index contributed by atoms with van der Waals surface area (Å²) in [6.45, 7) is 4.64. The van der Waals surface area contributed by atoms with Crippen molar-refractivity contribution in [3.05, 3.63) is 0 Å². The average Bonchev–Trinajstić information content (AvgIpc) is 2.44. The van der Waals surface area contributed by atoms with Crippen LogP contribution in [0.3, 0.4) is 0 Å². The molecule has 0 amide bonds. The topological polar surface area (TPSA) is 26.3 Å². The second-order valence-corrected chi connectivity index (χ2v) is 5.80. The molecule has 0 aliphatic rings. The summed E-state index contributed by atoms with van der Waals surface area (Å²) in [6, 6.07) is 0. The zero-order valence-electron chi connectivity index (χ0n) is 13.9. The van der Waals surface area contributed by atoms with Gasteiger partial charge >= 0.3 is 5.97 Å². The van der Waals surface area contributed by atoms with Gasteiger partial charge in [-0.25, -0.2) is 0 Å². The molecular weight excluding hydrogens is 260 g/mol. The monoisotopic (exact) mass is 300 g/mol. The molecule has 0 spiro atoms. The molecular formula is C19H40O2. The summed E-state index contributed by atoms with van der Waals surface area (Å²) in [5.41, 5.74) is 0. The van der Waals surface area contributed by atoms with Gasteiger partial charge in [-0.05, 0) is 13.3 Å². The Kier molecular flexibility index (Phi) is 21.1. The van der Waals surface area contributed by atoms with Gasteiger partial charge in [-0.1, -0.05) is 91.4 Å². The number of hydrogen-bond donors (Lipinski definition) is 0. The van der Waals surface area contributed by atoms with Crippen LogP contribution in [-0.4, -0.2) is 12.6 Å². The van der Waals surface area contributed by atoms with E-state index in [1.165, 1.54) is 77.0 Å². The molecule has 0 aliphatic carbocycles. The van der Waals surface area contributed by atoms with Gasteiger partial charge < -0.3 is 4.74 Å². The van der Waals surface area contributed by atoms with E-state index < -0.39 is 0 Å².